The van der Waals surface area contributed by atoms with Crippen molar-refractivity contribution < 1.29 is 5.11 Å². The molecular formula is C5H10N4O. The van der Waals surface area contributed by atoms with E-state index in [4.69, 9.17) is 10.6 Å². The lowest BCUT2D eigenvalue weighted by Gasteiger charge is -2.35. The molecule has 0 radical (unpaired) electrons. The molecule has 0 aromatic heterocycles. The molecule has 1 N–H and O–H groups in total. The van der Waals surface area contributed by atoms with Gasteiger partial charge in [0.05, 0.1) is 6.10 Å². The Bertz CT molecular complexity index is 148. The van der Waals surface area contributed by atoms with Gasteiger partial charge in [0.25, 0.3) is 0 Å². The van der Waals surface area contributed by atoms with E-state index in [0.717, 1.165) is 19.6 Å². The first-order valence-electron chi connectivity index (χ1n) is 3.24. The first-order valence-corrected chi connectivity index (χ1v) is 3.24. The quantitative estimate of drug-likeness (QED) is 0.341. The van der Waals surface area contributed by atoms with Crippen molar-refractivity contribution in [3.63, 3.8) is 0 Å². The zero-order valence-corrected chi connectivity index (χ0v) is 5.64. The highest BCUT2D eigenvalue weighted by Gasteiger charge is 2.22. The number of azide groups is 1. The summed E-state index contributed by atoms with van der Waals surface area (Å²) >= 11 is 0. The van der Waals surface area contributed by atoms with Crippen LogP contribution in [-0.2, 0) is 0 Å². The Balaban J connectivity index is 2.00. The lowest BCUT2D eigenvalue weighted by Crippen LogP contribution is -2.51. The molecule has 5 nitrogen and oxygen atoms in total. The highest BCUT2D eigenvalue weighted by Crippen LogP contribution is 2.05. The number of hydrogen-bond acceptors (Lipinski definition) is 3. The molecule has 0 amide bonds. The van der Waals surface area contributed by atoms with E-state index in [1.165, 1.54) is 0 Å². The van der Waals surface area contributed by atoms with Crippen LogP contribution in [0.25, 0.3) is 10.4 Å². The van der Waals surface area contributed by atoms with Gasteiger partial charge < -0.3 is 5.11 Å². The minimum absolute atomic E-state index is 0.161. The Morgan fingerprint density at radius 3 is 2.90 bits per heavy atom. The first-order chi connectivity index (χ1) is 4.83. The zero-order chi connectivity index (χ0) is 7.40. The van der Waals surface area contributed by atoms with Crippen molar-refractivity contribution in [3.05, 3.63) is 10.4 Å². The van der Waals surface area contributed by atoms with Gasteiger partial charge in [-0.2, -0.15) is 0 Å². The number of aliphatic hydroxyl groups is 1. The van der Waals surface area contributed by atoms with Crippen LogP contribution < -0.4 is 0 Å². The molecule has 56 valence electrons. The van der Waals surface area contributed by atoms with Crippen molar-refractivity contribution >= 4 is 0 Å². The van der Waals surface area contributed by atoms with Crippen LogP contribution in [0.15, 0.2) is 5.11 Å². The average molecular weight is 142 g/mol. The molecule has 1 aliphatic rings. The minimum atomic E-state index is -0.161. The SMILES string of the molecule is [N-]=[N+]=NCCN1CC(O)C1. The van der Waals surface area contributed by atoms with Gasteiger partial charge in [-0.15, -0.1) is 0 Å². The maximum absolute atomic E-state index is 8.83. The van der Waals surface area contributed by atoms with Gasteiger partial charge in [-0.25, -0.2) is 0 Å². The maximum atomic E-state index is 8.83. The summed E-state index contributed by atoms with van der Waals surface area (Å²) in [5.41, 5.74) is 7.91. The van der Waals surface area contributed by atoms with Crippen LogP contribution in [0, 0.1) is 0 Å². The van der Waals surface area contributed by atoms with E-state index < -0.39 is 0 Å². The molecule has 0 aromatic rings. The van der Waals surface area contributed by atoms with Gasteiger partial charge in [0.2, 0.25) is 0 Å². The molecule has 0 aromatic carbocycles. The summed E-state index contributed by atoms with van der Waals surface area (Å²) in [6.45, 7) is 2.71. The molecular weight excluding hydrogens is 132 g/mol. The molecule has 5 heteroatoms. The predicted molar refractivity (Wildman–Crippen MR) is 36.5 cm³/mol. The van der Waals surface area contributed by atoms with Gasteiger partial charge >= 0.3 is 0 Å². The second-order valence-electron chi connectivity index (χ2n) is 2.37. The molecule has 0 aliphatic carbocycles. The zero-order valence-electron chi connectivity index (χ0n) is 5.64. The Kier molecular flexibility index (Phi) is 2.50. The van der Waals surface area contributed by atoms with E-state index in [1.54, 1.807) is 0 Å². The molecule has 0 atom stereocenters. The molecule has 0 saturated carbocycles. The van der Waals surface area contributed by atoms with Crippen LogP contribution in [-0.4, -0.2) is 42.3 Å². The summed E-state index contributed by atoms with van der Waals surface area (Å²) in [7, 11) is 0. The fourth-order valence-electron chi connectivity index (χ4n) is 0.956. The second-order valence-corrected chi connectivity index (χ2v) is 2.37. The van der Waals surface area contributed by atoms with Crippen molar-refractivity contribution in [3.8, 4) is 0 Å². The van der Waals surface area contributed by atoms with E-state index >= 15 is 0 Å². The van der Waals surface area contributed by atoms with Crippen molar-refractivity contribution in [1.29, 1.82) is 0 Å². The van der Waals surface area contributed by atoms with Crippen LogP contribution >= 0.6 is 0 Å². The third kappa shape index (κ3) is 1.88. The average Bonchev–Trinajstić information content (AvgIpc) is 1.85. The fraction of sp³-hybridized carbons (Fsp3) is 1.00. The lowest BCUT2D eigenvalue weighted by atomic mass is 10.2. The summed E-state index contributed by atoms with van der Waals surface area (Å²) in [6.07, 6.45) is -0.161. The smallest absolute Gasteiger partial charge is 0.0793 e. The van der Waals surface area contributed by atoms with Crippen molar-refractivity contribution in [2.24, 2.45) is 5.11 Å². The predicted octanol–water partition coefficient (Wildman–Crippen LogP) is -0.0268. The molecule has 10 heavy (non-hydrogen) atoms. The molecule has 1 fully saturated rings. The molecule has 1 aliphatic heterocycles. The van der Waals surface area contributed by atoms with Gasteiger partial charge in [0, 0.05) is 31.1 Å². The number of β-amino-alcohol motifs (C(OH)–C–C–N with tert-alkyl or cyclic N) is 1. The summed E-state index contributed by atoms with van der Waals surface area (Å²) in [5, 5.41) is 12.2. The van der Waals surface area contributed by atoms with E-state index in [9.17, 15) is 0 Å². The van der Waals surface area contributed by atoms with E-state index in [0.29, 0.717) is 6.54 Å². The monoisotopic (exact) mass is 142 g/mol. The van der Waals surface area contributed by atoms with Crippen molar-refractivity contribution in [2.75, 3.05) is 26.2 Å². The molecule has 0 spiro atoms. The van der Waals surface area contributed by atoms with Crippen LogP contribution in [0.1, 0.15) is 0 Å². The van der Waals surface area contributed by atoms with Gasteiger partial charge in [0.15, 0.2) is 0 Å². The Morgan fingerprint density at radius 1 is 1.70 bits per heavy atom. The second kappa shape index (κ2) is 3.41. The number of likely N-dealkylation sites (tertiary alicyclic amines) is 1. The van der Waals surface area contributed by atoms with Gasteiger partial charge in [-0.3, -0.25) is 4.90 Å². The number of rotatable bonds is 3. The largest absolute Gasteiger partial charge is 0.390 e. The highest BCUT2D eigenvalue weighted by molar-refractivity contribution is 4.78. The fourth-order valence-corrected chi connectivity index (χ4v) is 0.956. The molecule has 1 heterocycles. The van der Waals surface area contributed by atoms with Crippen LogP contribution in [0.3, 0.4) is 0 Å². The number of hydrogen-bond donors (Lipinski definition) is 1. The lowest BCUT2D eigenvalue weighted by molar-refractivity contribution is 0.00441. The maximum Gasteiger partial charge on any atom is 0.0793 e. The number of nitrogens with zero attached hydrogens (tertiary/aromatic N) is 4. The molecule has 0 bridgehead atoms. The molecule has 0 unspecified atom stereocenters. The number of aliphatic hydroxyl groups excluding tert-OH is 1. The highest BCUT2D eigenvalue weighted by atomic mass is 16.3. The van der Waals surface area contributed by atoms with Gasteiger partial charge in [0.1, 0.15) is 0 Å². The summed E-state index contributed by atoms with van der Waals surface area (Å²) in [6, 6.07) is 0. The Morgan fingerprint density at radius 2 is 2.40 bits per heavy atom. The normalized spacial score (nSPS) is 19.7. The Labute approximate surface area is 58.9 Å². The Hall–Kier alpha value is -0.770. The molecule has 1 saturated heterocycles. The third-order valence-corrected chi connectivity index (χ3v) is 1.52. The van der Waals surface area contributed by atoms with Crippen LogP contribution in [0.4, 0.5) is 0 Å². The van der Waals surface area contributed by atoms with E-state index in [-0.39, 0.29) is 6.10 Å². The summed E-state index contributed by atoms with van der Waals surface area (Å²) in [5.74, 6) is 0. The summed E-state index contributed by atoms with van der Waals surface area (Å²) < 4.78 is 0. The van der Waals surface area contributed by atoms with Crippen LogP contribution in [0.5, 0.6) is 0 Å². The van der Waals surface area contributed by atoms with E-state index in [1.807, 2.05) is 4.90 Å². The first kappa shape index (κ1) is 7.34. The van der Waals surface area contributed by atoms with Gasteiger partial charge in [-0.05, 0) is 5.53 Å². The van der Waals surface area contributed by atoms with Crippen molar-refractivity contribution in [2.45, 2.75) is 6.10 Å². The standard InChI is InChI=1S/C5H10N4O/c6-8-7-1-2-9-3-5(10)4-9/h5,10H,1-4H2. The third-order valence-electron chi connectivity index (χ3n) is 1.52. The topological polar surface area (TPSA) is 72.2 Å². The van der Waals surface area contributed by atoms with Crippen LogP contribution in [0.2, 0.25) is 0 Å². The minimum Gasteiger partial charge on any atom is -0.390 e. The summed E-state index contributed by atoms with van der Waals surface area (Å²) in [4.78, 5) is 4.66. The van der Waals surface area contributed by atoms with E-state index in [2.05, 4.69) is 10.0 Å². The van der Waals surface area contributed by atoms with Crippen molar-refractivity contribution in [1.82, 2.24) is 4.90 Å². The van der Waals surface area contributed by atoms with Gasteiger partial charge in [-0.1, -0.05) is 5.11 Å². The molecule has 1 rings (SSSR count).